The molecule has 0 spiro atoms. The largest absolute Gasteiger partial charge is 0.314 e. The van der Waals surface area contributed by atoms with Gasteiger partial charge in [-0.25, -0.2) is 0 Å². The highest BCUT2D eigenvalue weighted by Gasteiger charge is 2.14. The molecule has 0 bridgehead atoms. The van der Waals surface area contributed by atoms with Gasteiger partial charge >= 0.3 is 0 Å². The summed E-state index contributed by atoms with van der Waals surface area (Å²) < 4.78 is 0. The summed E-state index contributed by atoms with van der Waals surface area (Å²) in [6, 6.07) is 0.836. The molecule has 2 aliphatic rings. The monoisotopic (exact) mass is 252 g/mol. The van der Waals surface area contributed by atoms with E-state index in [9.17, 15) is 0 Å². The summed E-state index contributed by atoms with van der Waals surface area (Å²) in [5, 5.41) is 3.76. The van der Waals surface area contributed by atoms with E-state index in [1.165, 1.54) is 84.0 Å². The van der Waals surface area contributed by atoms with Crippen molar-refractivity contribution >= 4 is 0 Å². The molecule has 0 aromatic rings. The van der Waals surface area contributed by atoms with Crippen LogP contribution in [0.5, 0.6) is 0 Å². The van der Waals surface area contributed by atoms with E-state index in [2.05, 4.69) is 17.1 Å². The maximum Gasteiger partial charge on any atom is 0.00670 e. The summed E-state index contributed by atoms with van der Waals surface area (Å²) >= 11 is 0. The van der Waals surface area contributed by atoms with Gasteiger partial charge in [0.15, 0.2) is 0 Å². The van der Waals surface area contributed by atoms with Crippen LogP contribution in [-0.2, 0) is 0 Å². The first kappa shape index (κ1) is 14.3. The Morgan fingerprint density at radius 3 is 2.61 bits per heavy atom. The van der Waals surface area contributed by atoms with Gasteiger partial charge < -0.3 is 10.2 Å². The quantitative estimate of drug-likeness (QED) is 0.754. The van der Waals surface area contributed by atoms with E-state index in [-0.39, 0.29) is 0 Å². The van der Waals surface area contributed by atoms with Crippen molar-refractivity contribution in [3.8, 4) is 0 Å². The molecule has 1 atom stereocenters. The first-order chi connectivity index (χ1) is 8.84. The molecule has 1 unspecified atom stereocenters. The Balaban J connectivity index is 1.51. The Kier molecular flexibility index (Phi) is 6.50. The second kappa shape index (κ2) is 8.16. The van der Waals surface area contributed by atoms with Gasteiger partial charge in [0.25, 0.3) is 0 Å². The molecule has 18 heavy (non-hydrogen) atoms. The van der Waals surface area contributed by atoms with Crippen molar-refractivity contribution in [1.82, 2.24) is 10.2 Å². The molecule has 1 saturated carbocycles. The molecule has 0 radical (unpaired) electrons. The van der Waals surface area contributed by atoms with Crippen LogP contribution in [0.25, 0.3) is 0 Å². The lowest BCUT2D eigenvalue weighted by molar-refractivity contribution is 0.271. The Hall–Kier alpha value is -0.0800. The average Bonchev–Trinajstić information content (AvgIpc) is 2.61. The van der Waals surface area contributed by atoms with Gasteiger partial charge in [-0.1, -0.05) is 26.2 Å². The fraction of sp³-hybridized carbons (Fsp3) is 1.00. The highest BCUT2D eigenvalue weighted by atomic mass is 15.1. The van der Waals surface area contributed by atoms with E-state index in [1.807, 2.05) is 0 Å². The number of rotatable bonds is 5. The first-order valence-corrected chi connectivity index (χ1v) is 8.30. The molecule has 2 fully saturated rings. The summed E-state index contributed by atoms with van der Waals surface area (Å²) in [4.78, 5) is 2.69. The van der Waals surface area contributed by atoms with E-state index < -0.39 is 0 Å². The molecular weight excluding hydrogens is 220 g/mol. The SMILES string of the molecule is CC1CCCN(CCCNC2CCCCC2)CC1. The summed E-state index contributed by atoms with van der Waals surface area (Å²) in [6.07, 6.45) is 12.8. The third-order valence-corrected chi connectivity index (χ3v) is 4.80. The van der Waals surface area contributed by atoms with Crippen molar-refractivity contribution in [2.24, 2.45) is 5.92 Å². The number of nitrogens with one attached hydrogen (secondary N) is 1. The van der Waals surface area contributed by atoms with Gasteiger partial charge in [0, 0.05) is 6.04 Å². The number of hydrogen-bond donors (Lipinski definition) is 1. The van der Waals surface area contributed by atoms with Crippen LogP contribution < -0.4 is 5.32 Å². The molecule has 2 nitrogen and oxygen atoms in total. The van der Waals surface area contributed by atoms with E-state index in [0.29, 0.717) is 0 Å². The zero-order chi connectivity index (χ0) is 12.6. The maximum atomic E-state index is 3.76. The topological polar surface area (TPSA) is 15.3 Å². The van der Waals surface area contributed by atoms with Crippen LogP contribution >= 0.6 is 0 Å². The highest BCUT2D eigenvalue weighted by Crippen LogP contribution is 2.18. The van der Waals surface area contributed by atoms with Crippen LogP contribution in [0.2, 0.25) is 0 Å². The van der Waals surface area contributed by atoms with Crippen molar-refractivity contribution in [1.29, 1.82) is 0 Å². The van der Waals surface area contributed by atoms with Gasteiger partial charge in [-0.3, -0.25) is 0 Å². The molecule has 1 N–H and O–H groups in total. The fourth-order valence-corrected chi connectivity index (χ4v) is 3.46. The molecule has 2 rings (SSSR count). The van der Waals surface area contributed by atoms with Crippen LogP contribution in [0.4, 0.5) is 0 Å². The van der Waals surface area contributed by atoms with Crippen LogP contribution in [0.15, 0.2) is 0 Å². The molecule has 1 aliphatic carbocycles. The second-order valence-corrected chi connectivity index (χ2v) is 6.52. The third kappa shape index (κ3) is 5.27. The molecule has 106 valence electrons. The maximum absolute atomic E-state index is 3.76. The molecule has 2 heteroatoms. The molecule has 1 heterocycles. The van der Waals surface area contributed by atoms with Crippen molar-refractivity contribution < 1.29 is 0 Å². The van der Waals surface area contributed by atoms with Crippen molar-refractivity contribution in [2.75, 3.05) is 26.2 Å². The average molecular weight is 252 g/mol. The zero-order valence-electron chi connectivity index (χ0n) is 12.3. The zero-order valence-corrected chi connectivity index (χ0v) is 12.3. The van der Waals surface area contributed by atoms with Gasteiger partial charge in [-0.05, 0) is 70.6 Å². The van der Waals surface area contributed by atoms with Crippen molar-refractivity contribution in [3.63, 3.8) is 0 Å². The number of nitrogens with zero attached hydrogens (tertiary/aromatic N) is 1. The Bertz CT molecular complexity index is 211. The second-order valence-electron chi connectivity index (χ2n) is 6.52. The first-order valence-electron chi connectivity index (χ1n) is 8.30. The normalized spacial score (nSPS) is 28.2. The molecule has 1 aliphatic heterocycles. The Labute approximate surface area is 114 Å². The summed E-state index contributed by atoms with van der Waals surface area (Å²) in [5.74, 6) is 0.954. The molecule has 0 amide bonds. The van der Waals surface area contributed by atoms with Crippen molar-refractivity contribution in [2.45, 2.75) is 70.8 Å². The minimum atomic E-state index is 0.836. The Morgan fingerprint density at radius 1 is 0.944 bits per heavy atom. The van der Waals surface area contributed by atoms with Gasteiger partial charge in [0.05, 0.1) is 0 Å². The van der Waals surface area contributed by atoms with E-state index in [4.69, 9.17) is 0 Å². The van der Waals surface area contributed by atoms with Gasteiger partial charge in [0.1, 0.15) is 0 Å². The predicted molar refractivity (Wildman–Crippen MR) is 78.9 cm³/mol. The lowest BCUT2D eigenvalue weighted by Gasteiger charge is -2.24. The molecule has 1 saturated heterocycles. The fourth-order valence-electron chi connectivity index (χ4n) is 3.46. The summed E-state index contributed by atoms with van der Waals surface area (Å²) in [5.41, 5.74) is 0. The van der Waals surface area contributed by atoms with Crippen LogP contribution in [-0.4, -0.2) is 37.1 Å². The van der Waals surface area contributed by atoms with E-state index >= 15 is 0 Å². The lowest BCUT2D eigenvalue weighted by Crippen LogP contribution is -2.34. The van der Waals surface area contributed by atoms with Gasteiger partial charge in [-0.2, -0.15) is 0 Å². The van der Waals surface area contributed by atoms with Crippen LogP contribution in [0.3, 0.4) is 0 Å². The lowest BCUT2D eigenvalue weighted by atomic mass is 9.95. The summed E-state index contributed by atoms with van der Waals surface area (Å²) in [6.45, 7) is 7.63. The smallest absolute Gasteiger partial charge is 0.00670 e. The Morgan fingerprint density at radius 2 is 1.78 bits per heavy atom. The minimum Gasteiger partial charge on any atom is -0.314 e. The van der Waals surface area contributed by atoms with E-state index in [0.717, 1.165) is 12.0 Å². The molecule has 0 aromatic heterocycles. The summed E-state index contributed by atoms with van der Waals surface area (Å²) in [7, 11) is 0. The van der Waals surface area contributed by atoms with Crippen molar-refractivity contribution in [3.05, 3.63) is 0 Å². The number of likely N-dealkylation sites (tertiary alicyclic amines) is 1. The third-order valence-electron chi connectivity index (χ3n) is 4.80. The molecular formula is C16H32N2. The highest BCUT2D eigenvalue weighted by molar-refractivity contribution is 4.72. The predicted octanol–water partition coefficient (Wildman–Crippen LogP) is 3.42. The van der Waals surface area contributed by atoms with Crippen LogP contribution in [0.1, 0.15) is 64.7 Å². The standard InChI is InChI=1S/C16H32N2/c1-15-7-5-12-18(14-10-15)13-6-11-17-16-8-3-2-4-9-16/h15-17H,2-14H2,1H3. The number of hydrogen-bond acceptors (Lipinski definition) is 2. The van der Waals surface area contributed by atoms with E-state index in [1.54, 1.807) is 0 Å². The van der Waals surface area contributed by atoms with Gasteiger partial charge in [0.2, 0.25) is 0 Å². The molecule has 0 aromatic carbocycles. The van der Waals surface area contributed by atoms with Crippen LogP contribution in [0, 0.1) is 5.92 Å². The van der Waals surface area contributed by atoms with Gasteiger partial charge in [-0.15, -0.1) is 0 Å². The minimum absolute atomic E-state index is 0.836.